The van der Waals surface area contributed by atoms with Gasteiger partial charge in [0.2, 0.25) is 5.91 Å². The maximum absolute atomic E-state index is 11.8. The molecule has 1 aromatic carbocycles. The lowest BCUT2D eigenvalue weighted by Crippen LogP contribution is -2.15. The SMILES string of the molecule is CC(=O)CCC(=O)Nc1c(C)cccc1C(C)C. The Hall–Kier alpha value is -1.64. The van der Waals surface area contributed by atoms with Gasteiger partial charge in [-0.05, 0) is 30.9 Å². The van der Waals surface area contributed by atoms with Crippen molar-refractivity contribution < 1.29 is 9.59 Å². The van der Waals surface area contributed by atoms with E-state index in [1.165, 1.54) is 6.92 Å². The molecule has 0 aliphatic carbocycles. The molecule has 0 aliphatic rings. The van der Waals surface area contributed by atoms with Crippen molar-refractivity contribution in [3.63, 3.8) is 0 Å². The van der Waals surface area contributed by atoms with Crippen molar-refractivity contribution in [3.8, 4) is 0 Å². The van der Waals surface area contributed by atoms with Gasteiger partial charge in [0.1, 0.15) is 5.78 Å². The molecule has 0 unspecified atom stereocenters. The second-order valence-electron chi connectivity index (χ2n) is 4.94. The van der Waals surface area contributed by atoms with Crippen molar-refractivity contribution in [2.45, 2.75) is 46.5 Å². The summed E-state index contributed by atoms with van der Waals surface area (Å²) in [6.07, 6.45) is 0.552. The van der Waals surface area contributed by atoms with Crippen molar-refractivity contribution in [1.29, 1.82) is 0 Å². The first kappa shape index (κ1) is 14.4. The van der Waals surface area contributed by atoms with Crippen molar-refractivity contribution in [3.05, 3.63) is 29.3 Å². The highest BCUT2D eigenvalue weighted by Gasteiger charge is 2.12. The van der Waals surface area contributed by atoms with Gasteiger partial charge in [0.15, 0.2) is 0 Å². The number of hydrogen-bond acceptors (Lipinski definition) is 2. The Kier molecular flexibility index (Phi) is 5.08. The number of hydrogen-bond donors (Lipinski definition) is 1. The summed E-state index contributed by atoms with van der Waals surface area (Å²) in [7, 11) is 0. The van der Waals surface area contributed by atoms with Crippen LogP contribution >= 0.6 is 0 Å². The molecular weight excluding hydrogens is 226 g/mol. The average Bonchev–Trinajstić information content (AvgIpc) is 2.28. The van der Waals surface area contributed by atoms with E-state index in [2.05, 4.69) is 19.2 Å². The van der Waals surface area contributed by atoms with Gasteiger partial charge in [-0.1, -0.05) is 32.0 Å². The summed E-state index contributed by atoms with van der Waals surface area (Å²) in [6.45, 7) is 7.67. The quantitative estimate of drug-likeness (QED) is 0.866. The molecule has 0 saturated heterocycles. The predicted molar refractivity (Wildman–Crippen MR) is 73.8 cm³/mol. The molecule has 3 nitrogen and oxygen atoms in total. The smallest absolute Gasteiger partial charge is 0.224 e. The summed E-state index contributed by atoms with van der Waals surface area (Å²) in [5.41, 5.74) is 3.07. The lowest BCUT2D eigenvalue weighted by Gasteiger charge is -2.16. The molecule has 0 bridgehead atoms. The van der Waals surface area contributed by atoms with Crippen molar-refractivity contribution in [2.24, 2.45) is 0 Å². The van der Waals surface area contributed by atoms with Crippen molar-refractivity contribution in [2.75, 3.05) is 5.32 Å². The fraction of sp³-hybridized carbons (Fsp3) is 0.467. The van der Waals surface area contributed by atoms with Crippen LogP contribution in [0.2, 0.25) is 0 Å². The van der Waals surface area contributed by atoms with Crippen LogP contribution in [-0.4, -0.2) is 11.7 Å². The van der Waals surface area contributed by atoms with E-state index in [1.54, 1.807) is 0 Å². The number of aryl methyl sites for hydroxylation is 1. The van der Waals surface area contributed by atoms with Crippen LogP contribution < -0.4 is 5.32 Å². The number of carbonyl (C=O) groups is 2. The van der Waals surface area contributed by atoms with E-state index in [9.17, 15) is 9.59 Å². The van der Waals surface area contributed by atoms with Gasteiger partial charge in [0, 0.05) is 18.5 Å². The topological polar surface area (TPSA) is 46.2 Å². The van der Waals surface area contributed by atoms with Crippen LogP contribution in [0.5, 0.6) is 0 Å². The molecule has 1 amide bonds. The van der Waals surface area contributed by atoms with E-state index in [1.807, 2.05) is 25.1 Å². The van der Waals surface area contributed by atoms with Gasteiger partial charge < -0.3 is 10.1 Å². The standard InChI is InChI=1S/C15H21NO2/c1-10(2)13-7-5-6-11(3)15(13)16-14(18)9-8-12(4)17/h5-7,10H,8-9H2,1-4H3,(H,16,18). The number of anilines is 1. The minimum atomic E-state index is -0.0959. The van der Waals surface area contributed by atoms with E-state index in [0.29, 0.717) is 12.3 Å². The molecule has 18 heavy (non-hydrogen) atoms. The Labute approximate surface area is 109 Å². The van der Waals surface area contributed by atoms with E-state index in [-0.39, 0.29) is 18.1 Å². The van der Waals surface area contributed by atoms with Crippen LogP contribution in [0.15, 0.2) is 18.2 Å². The third kappa shape index (κ3) is 3.99. The number of Topliss-reactive ketones (excluding diaryl/α,β-unsaturated/α-hetero) is 1. The highest BCUT2D eigenvalue weighted by molar-refractivity contribution is 5.94. The Morgan fingerprint density at radius 1 is 1.22 bits per heavy atom. The molecular formula is C15H21NO2. The lowest BCUT2D eigenvalue weighted by molar-refractivity contribution is -0.121. The first-order chi connectivity index (χ1) is 8.41. The summed E-state index contributed by atoms with van der Waals surface area (Å²) in [4.78, 5) is 22.6. The third-order valence-corrected chi connectivity index (χ3v) is 2.90. The summed E-state index contributed by atoms with van der Waals surface area (Å²) < 4.78 is 0. The van der Waals surface area contributed by atoms with Gasteiger partial charge in [0.05, 0.1) is 0 Å². The molecule has 1 rings (SSSR count). The molecule has 0 atom stereocenters. The molecule has 1 aromatic rings. The number of nitrogens with one attached hydrogen (secondary N) is 1. The predicted octanol–water partition coefficient (Wildman–Crippen LogP) is 3.43. The summed E-state index contributed by atoms with van der Waals surface area (Å²) in [6, 6.07) is 6.00. The first-order valence-corrected chi connectivity index (χ1v) is 6.30. The number of rotatable bonds is 5. The number of ketones is 1. The molecule has 0 saturated carbocycles. The van der Waals surface area contributed by atoms with Crippen LogP contribution in [0.1, 0.15) is 50.7 Å². The largest absolute Gasteiger partial charge is 0.326 e. The Morgan fingerprint density at radius 2 is 1.89 bits per heavy atom. The van der Waals surface area contributed by atoms with Crippen molar-refractivity contribution >= 4 is 17.4 Å². The molecule has 0 aromatic heterocycles. The zero-order valence-electron chi connectivity index (χ0n) is 11.5. The maximum atomic E-state index is 11.8. The number of carbonyl (C=O) groups excluding carboxylic acids is 2. The van der Waals surface area contributed by atoms with Crippen LogP contribution in [-0.2, 0) is 9.59 Å². The zero-order chi connectivity index (χ0) is 13.7. The van der Waals surface area contributed by atoms with Crippen LogP contribution in [0.4, 0.5) is 5.69 Å². The molecule has 1 N–H and O–H groups in total. The molecule has 3 heteroatoms. The zero-order valence-corrected chi connectivity index (χ0v) is 11.5. The average molecular weight is 247 g/mol. The van der Waals surface area contributed by atoms with E-state index in [0.717, 1.165) is 16.8 Å². The van der Waals surface area contributed by atoms with Gasteiger partial charge in [-0.15, -0.1) is 0 Å². The highest BCUT2D eigenvalue weighted by Crippen LogP contribution is 2.27. The van der Waals surface area contributed by atoms with Crippen LogP contribution in [0, 0.1) is 6.92 Å². The summed E-state index contributed by atoms with van der Waals surface area (Å²) in [5.74, 6) is 0.299. The maximum Gasteiger partial charge on any atom is 0.224 e. The van der Waals surface area contributed by atoms with Crippen molar-refractivity contribution in [1.82, 2.24) is 0 Å². The third-order valence-electron chi connectivity index (χ3n) is 2.90. The molecule has 98 valence electrons. The van der Waals surface area contributed by atoms with Crippen LogP contribution in [0.3, 0.4) is 0 Å². The Balaban J connectivity index is 2.83. The van der Waals surface area contributed by atoms with Gasteiger partial charge in [-0.25, -0.2) is 0 Å². The molecule has 0 spiro atoms. The molecule has 0 heterocycles. The van der Waals surface area contributed by atoms with Gasteiger partial charge >= 0.3 is 0 Å². The Morgan fingerprint density at radius 3 is 2.44 bits per heavy atom. The second-order valence-corrected chi connectivity index (χ2v) is 4.94. The van der Waals surface area contributed by atoms with E-state index >= 15 is 0 Å². The minimum Gasteiger partial charge on any atom is -0.326 e. The Bertz CT molecular complexity index is 450. The van der Waals surface area contributed by atoms with Gasteiger partial charge in [-0.2, -0.15) is 0 Å². The number of benzene rings is 1. The van der Waals surface area contributed by atoms with E-state index < -0.39 is 0 Å². The first-order valence-electron chi connectivity index (χ1n) is 6.30. The summed E-state index contributed by atoms with van der Waals surface area (Å²) in [5, 5.41) is 2.92. The van der Waals surface area contributed by atoms with Crippen LogP contribution in [0.25, 0.3) is 0 Å². The molecule has 0 radical (unpaired) electrons. The van der Waals surface area contributed by atoms with E-state index in [4.69, 9.17) is 0 Å². The molecule has 0 fully saturated rings. The normalized spacial score (nSPS) is 10.5. The van der Waals surface area contributed by atoms with Gasteiger partial charge in [-0.3, -0.25) is 4.79 Å². The fourth-order valence-electron chi connectivity index (χ4n) is 1.83. The molecule has 0 aliphatic heterocycles. The number of para-hydroxylation sites is 1. The monoisotopic (exact) mass is 247 g/mol. The minimum absolute atomic E-state index is 0.0408. The second kappa shape index (κ2) is 6.34. The summed E-state index contributed by atoms with van der Waals surface area (Å²) >= 11 is 0. The lowest BCUT2D eigenvalue weighted by atomic mass is 9.98. The van der Waals surface area contributed by atoms with Gasteiger partial charge in [0.25, 0.3) is 0 Å². The highest BCUT2D eigenvalue weighted by atomic mass is 16.2. The number of amides is 1. The fourth-order valence-corrected chi connectivity index (χ4v) is 1.83.